The van der Waals surface area contributed by atoms with Crippen LogP contribution in [0.25, 0.3) is 22.6 Å². The van der Waals surface area contributed by atoms with Gasteiger partial charge in [0.15, 0.2) is 0 Å². The van der Waals surface area contributed by atoms with Crippen LogP contribution in [-0.4, -0.2) is 34.9 Å². The van der Waals surface area contributed by atoms with Crippen LogP contribution in [0.4, 0.5) is 0 Å². The van der Waals surface area contributed by atoms with E-state index in [2.05, 4.69) is 25.1 Å². The Bertz CT molecular complexity index is 1140. The molecule has 4 heteroatoms. The van der Waals surface area contributed by atoms with Crippen molar-refractivity contribution >= 4 is 28.5 Å². The van der Waals surface area contributed by atoms with E-state index in [1.54, 1.807) is 0 Å². The minimum Gasteiger partial charge on any atom is -0.336 e. The van der Waals surface area contributed by atoms with Gasteiger partial charge in [-0.15, -0.1) is 0 Å². The molecule has 1 aliphatic heterocycles. The Hall–Kier alpha value is -2.98. The number of carbonyl (C=O) groups excluding carboxylic acids is 1. The van der Waals surface area contributed by atoms with Gasteiger partial charge in [-0.1, -0.05) is 48.5 Å². The lowest BCUT2D eigenvalue weighted by Crippen LogP contribution is -2.35. The Morgan fingerprint density at radius 2 is 1.90 bits per heavy atom. The average molecular weight is 398 g/mol. The number of benzene rings is 2. The molecule has 1 aliphatic carbocycles. The van der Waals surface area contributed by atoms with E-state index in [0.29, 0.717) is 12.5 Å². The second-order valence-electron chi connectivity index (χ2n) is 8.56. The second-order valence-corrected chi connectivity index (χ2v) is 8.56. The van der Waals surface area contributed by atoms with Crippen molar-refractivity contribution in [1.29, 1.82) is 0 Å². The van der Waals surface area contributed by atoms with Gasteiger partial charge in [-0.05, 0) is 67.5 Å². The minimum absolute atomic E-state index is 0.134. The third-order valence-electron chi connectivity index (χ3n) is 6.55. The number of allylic oxidation sites excluding steroid dienone is 1. The SMILES string of the molecule is CC1CC(CN)CN1C(=O)c1c2c(nc3ccccc13)/C(=C\c1ccccc1)CC2. The maximum absolute atomic E-state index is 13.8. The highest BCUT2D eigenvalue weighted by atomic mass is 16.2. The molecule has 1 amide bonds. The number of para-hydroxylation sites is 1. The Balaban J connectivity index is 1.64. The highest BCUT2D eigenvalue weighted by Crippen LogP contribution is 2.39. The molecule has 3 aromatic rings. The van der Waals surface area contributed by atoms with Crippen LogP contribution in [0.1, 0.15) is 46.9 Å². The van der Waals surface area contributed by atoms with Crippen molar-refractivity contribution in [1.82, 2.24) is 9.88 Å². The average Bonchev–Trinajstić information content (AvgIpc) is 3.35. The highest BCUT2D eigenvalue weighted by molar-refractivity contribution is 6.09. The van der Waals surface area contributed by atoms with Crippen molar-refractivity contribution in [2.45, 2.75) is 32.2 Å². The molecule has 2 aliphatic rings. The van der Waals surface area contributed by atoms with Crippen LogP contribution in [0.5, 0.6) is 0 Å². The molecule has 2 heterocycles. The number of likely N-dealkylation sites (tertiary alicyclic amines) is 1. The summed E-state index contributed by atoms with van der Waals surface area (Å²) in [5, 5.41) is 0.964. The predicted octanol–water partition coefficient (Wildman–Crippen LogP) is 4.53. The van der Waals surface area contributed by atoms with Gasteiger partial charge in [-0.2, -0.15) is 0 Å². The zero-order valence-electron chi connectivity index (χ0n) is 17.3. The van der Waals surface area contributed by atoms with E-state index in [-0.39, 0.29) is 11.9 Å². The monoisotopic (exact) mass is 397 g/mol. The van der Waals surface area contributed by atoms with Crippen molar-refractivity contribution in [3.8, 4) is 0 Å². The smallest absolute Gasteiger partial charge is 0.255 e. The van der Waals surface area contributed by atoms with Crippen molar-refractivity contribution in [2.75, 3.05) is 13.1 Å². The Kier molecular flexibility index (Phi) is 4.87. The number of fused-ring (bicyclic) bond motifs is 2. The maximum Gasteiger partial charge on any atom is 0.255 e. The van der Waals surface area contributed by atoms with E-state index in [1.165, 1.54) is 11.1 Å². The molecule has 30 heavy (non-hydrogen) atoms. The molecule has 0 spiro atoms. The number of hydrogen-bond acceptors (Lipinski definition) is 3. The van der Waals surface area contributed by atoms with Gasteiger partial charge in [0.1, 0.15) is 0 Å². The molecule has 152 valence electrons. The molecule has 0 bridgehead atoms. The summed E-state index contributed by atoms with van der Waals surface area (Å²) < 4.78 is 0. The number of carbonyl (C=O) groups is 1. The van der Waals surface area contributed by atoms with E-state index in [9.17, 15) is 4.79 Å². The van der Waals surface area contributed by atoms with Crippen LogP contribution < -0.4 is 5.73 Å². The summed E-state index contributed by atoms with van der Waals surface area (Å²) in [4.78, 5) is 20.8. The van der Waals surface area contributed by atoms with Crippen LogP contribution >= 0.6 is 0 Å². The number of nitrogens with zero attached hydrogens (tertiary/aromatic N) is 2. The molecule has 2 atom stereocenters. The number of aromatic nitrogens is 1. The molecule has 0 saturated carbocycles. The molecule has 2 unspecified atom stereocenters. The van der Waals surface area contributed by atoms with Crippen molar-refractivity contribution in [2.24, 2.45) is 11.7 Å². The first-order valence-corrected chi connectivity index (χ1v) is 10.8. The van der Waals surface area contributed by atoms with Crippen molar-refractivity contribution in [3.63, 3.8) is 0 Å². The highest BCUT2D eigenvalue weighted by Gasteiger charge is 2.35. The first kappa shape index (κ1) is 19.0. The fourth-order valence-electron chi connectivity index (χ4n) is 5.01. The van der Waals surface area contributed by atoms with Gasteiger partial charge in [0.25, 0.3) is 5.91 Å². The third-order valence-corrected chi connectivity index (χ3v) is 6.55. The molecule has 1 saturated heterocycles. The zero-order valence-corrected chi connectivity index (χ0v) is 17.3. The van der Waals surface area contributed by atoms with Crippen molar-refractivity contribution < 1.29 is 4.79 Å². The summed E-state index contributed by atoms with van der Waals surface area (Å²) in [7, 11) is 0. The normalized spacial score (nSPS) is 22.1. The lowest BCUT2D eigenvalue weighted by atomic mass is 9.99. The van der Waals surface area contributed by atoms with Gasteiger partial charge in [0.2, 0.25) is 0 Å². The molecular weight excluding hydrogens is 370 g/mol. The molecule has 0 radical (unpaired) electrons. The van der Waals surface area contributed by atoms with Gasteiger partial charge in [-0.25, -0.2) is 4.98 Å². The molecule has 5 rings (SSSR count). The number of rotatable bonds is 3. The summed E-state index contributed by atoms with van der Waals surface area (Å²) in [5.41, 5.74) is 12.1. The molecule has 1 fully saturated rings. The summed E-state index contributed by atoms with van der Waals surface area (Å²) in [5.74, 6) is 0.521. The lowest BCUT2D eigenvalue weighted by Gasteiger charge is -2.24. The maximum atomic E-state index is 13.8. The topological polar surface area (TPSA) is 59.2 Å². The number of hydrogen-bond donors (Lipinski definition) is 1. The molecule has 2 aromatic carbocycles. The minimum atomic E-state index is 0.134. The largest absolute Gasteiger partial charge is 0.336 e. The summed E-state index contributed by atoms with van der Waals surface area (Å²) in [6.45, 7) is 3.51. The van der Waals surface area contributed by atoms with Crippen molar-refractivity contribution in [3.05, 3.63) is 77.0 Å². The van der Waals surface area contributed by atoms with E-state index in [1.807, 2.05) is 47.4 Å². The van der Waals surface area contributed by atoms with Gasteiger partial charge >= 0.3 is 0 Å². The summed E-state index contributed by atoms with van der Waals surface area (Å²) in [6.07, 6.45) is 4.96. The fraction of sp³-hybridized carbons (Fsp3) is 0.308. The summed E-state index contributed by atoms with van der Waals surface area (Å²) >= 11 is 0. The number of amides is 1. The second kappa shape index (κ2) is 7.69. The lowest BCUT2D eigenvalue weighted by molar-refractivity contribution is 0.0744. The Morgan fingerprint density at radius 3 is 2.67 bits per heavy atom. The Morgan fingerprint density at radius 1 is 1.13 bits per heavy atom. The molecule has 4 nitrogen and oxygen atoms in total. The first-order chi connectivity index (χ1) is 14.7. The van der Waals surface area contributed by atoms with E-state index < -0.39 is 0 Å². The van der Waals surface area contributed by atoms with Crippen LogP contribution in [0.15, 0.2) is 54.6 Å². The van der Waals surface area contributed by atoms with Crippen LogP contribution in [0.3, 0.4) is 0 Å². The number of nitrogens with two attached hydrogens (primary N) is 1. The standard InChI is InChI=1S/C26H27N3O/c1-17-13-19(15-27)16-29(17)26(30)24-21-9-5-6-10-23(21)28-25-20(11-12-22(24)25)14-18-7-3-2-4-8-18/h2-10,14,17,19H,11-13,15-16,27H2,1H3/b20-14-. The van der Waals surface area contributed by atoms with Crippen LogP contribution in [0, 0.1) is 5.92 Å². The molecular formula is C26H27N3O. The van der Waals surface area contributed by atoms with Gasteiger partial charge < -0.3 is 10.6 Å². The van der Waals surface area contributed by atoms with Gasteiger partial charge in [0, 0.05) is 18.0 Å². The van der Waals surface area contributed by atoms with E-state index in [0.717, 1.165) is 53.5 Å². The Labute approximate surface area is 177 Å². The van der Waals surface area contributed by atoms with E-state index >= 15 is 0 Å². The quantitative estimate of drug-likeness (QED) is 0.706. The number of pyridine rings is 1. The molecule has 1 aromatic heterocycles. The summed E-state index contributed by atoms with van der Waals surface area (Å²) in [6, 6.07) is 18.6. The first-order valence-electron chi connectivity index (χ1n) is 10.8. The zero-order chi connectivity index (χ0) is 20.7. The molecule has 2 N–H and O–H groups in total. The van der Waals surface area contributed by atoms with Crippen LogP contribution in [-0.2, 0) is 6.42 Å². The third kappa shape index (κ3) is 3.21. The van der Waals surface area contributed by atoms with Crippen LogP contribution in [0.2, 0.25) is 0 Å². The fourth-order valence-corrected chi connectivity index (χ4v) is 5.01. The predicted molar refractivity (Wildman–Crippen MR) is 122 cm³/mol. The van der Waals surface area contributed by atoms with E-state index in [4.69, 9.17) is 10.7 Å². The van der Waals surface area contributed by atoms with Gasteiger partial charge in [-0.3, -0.25) is 4.79 Å². The van der Waals surface area contributed by atoms with Gasteiger partial charge in [0.05, 0.1) is 16.8 Å².